The van der Waals surface area contributed by atoms with E-state index in [0.29, 0.717) is 6.61 Å². The van der Waals surface area contributed by atoms with Crippen molar-refractivity contribution in [1.82, 2.24) is 0 Å². The van der Waals surface area contributed by atoms with Gasteiger partial charge in [-0.2, -0.15) is 0 Å². The SMILES string of the molecule is CCCCCCCCCCOC1=C(Cl)C(=O)C(Cl)=C(Cl)C1=O. The van der Waals surface area contributed by atoms with Crippen molar-refractivity contribution in [3.05, 3.63) is 20.9 Å². The molecule has 0 aromatic heterocycles. The van der Waals surface area contributed by atoms with Gasteiger partial charge in [-0.25, -0.2) is 0 Å². The summed E-state index contributed by atoms with van der Waals surface area (Å²) in [5, 5.41) is -0.975. The van der Waals surface area contributed by atoms with Gasteiger partial charge < -0.3 is 4.74 Å². The van der Waals surface area contributed by atoms with Crippen molar-refractivity contribution < 1.29 is 14.3 Å². The van der Waals surface area contributed by atoms with Crippen LogP contribution in [0.2, 0.25) is 0 Å². The van der Waals surface area contributed by atoms with Crippen molar-refractivity contribution >= 4 is 46.4 Å². The second-order valence-corrected chi connectivity index (χ2v) is 6.39. The molecule has 0 saturated carbocycles. The zero-order valence-corrected chi connectivity index (χ0v) is 15.0. The predicted molar refractivity (Wildman–Crippen MR) is 90.2 cm³/mol. The van der Waals surface area contributed by atoms with Gasteiger partial charge in [0.05, 0.1) is 6.61 Å². The average Bonchev–Trinajstić information content (AvgIpc) is 2.52. The molecule has 22 heavy (non-hydrogen) atoms. The molecular weight excluding hydrogens is 347 g/mol. The Morgan fingerprint density at radius 3 is 1.82 bits per heavy atom. The van der Waals surface area contributed by atoms with Crippen molar-refractivity contribution in [1.29, 1.82) is 0 Å². The van der Waals surface area contributed by atoms with E-state index in [0.717, 1.165) is 19.3 Å². The summed E-state index contributed by atoms with van der Waals surface area (Å²) < 4.78 is 5.34. The van der Waals surface area contributed by atoms with E-state index in [-0.39, 0.29) is 20.9 Å². The van der Waals surface area contributed by atoms with E-state index in [1.54, 1.807) is 0 Å². The number of rotatable bonds is 10. The monoisotopic (exact) mass is 366 g/mol. The molecule has 0 N–H and O–H groups in total. The highest BCUT2D eigenvalue weighted by Gasteiger charge is 2.33. The van der Waals surface area contributed by atoms with Crippen molar-refractivity contribution in [3.63, 3.8) is 0 Å². The van der Waals surface area contributed by atoms with E-state index in [2.05, 4.69) is 6.92 Å². The first-order chi connectivity index (χ1) is 10.5. The third-order valence-corrected chi connectivity index (χ3v) is 4.60. The number of ketones is 2. The van der Waals surface area contributed by atoms with Crippen LogP contribution in [0.4, 0.5) is 0 Å². The maximum atomic E-state index is 11.9. The standard InChI is InChI=1S/C16H21Cl3O3/c1-2-3-4-5-6-7-8-9-10-22-16-13(19)14(20)11(17)12(18)15(16)21/h2-10H2,1H3. The quantitative estimate of drug-likeness (QED) is 0.381. The highest BCUT2D eigenvalue weighted by molar-refractivity contribution is 6.64. The first kappa shape index (κ1) is 19.5. The molecule has 1 aliphatic carbocycles. The summed E-state index contributed by atoms with van der Waals surface area (Å²) in [6.45, 7) is 2.53. The summed E-state index contributed by atoms with van der Waals surface area (Å²) in [4.78, 5) is 23.5. The molecule has 0 atom stereocenters. The maximum Gasteiger partial charge on any atom is 0.242 e. The van der Waals surface area contributed by atoms with Crippen molar-refractivity contribution in [3.8, 4) is 0 Å². The summed E-state index contributed by atoms with van der Waals surface area (Å²) in [6, 6.07) is 0. The van der Waals surface area contributed by atoms with E-state index < -0.39 is 11.6 Å². The van der Waals surface area contributed by atoms with Crippen LogP contribution in [-0.2, 0) is 14.3 Å². The molecule has 0 heterocycles. The number of Topliss-reactive ketones (excluding diaryl/α,β-unsaturated/α-hetero) is 2. The van der Waals surface area contributed by atoms with Crippen LogP contribution in [0.5, 0.6) is 0 Å². The minimum atomic E-state index is -0.668. The number of carbonyl (C=O) groups excluding carboxylic acids is 2. The number of halogens is 3. The predicted octanol–water partition coefficient (Wildman–Crippen LogP) is 5.44. The largest absolute Gasteiger partial charge is 0.488 e. The highest BCUT2D eigenvalue weighted by atomic mass is 35.5. The fraction of sp³-hybridized carbons (Fsp3) is 0.625. The minimum Gasteiger partial charge on any atom is -0.488 e. The lowest BCUT2D eigenvalue weighted by atomic mass is 10.1. The highest BCUT2D eigenvalue weighted by Crippen LogP contribution is 2.31. The Morgan fingerprint density at radius 2 is 1.23 bits per heavy atom. The van der Waals surface area contributed by atoms with Gasteiger partial charge in [-0.05, 0) is 6.42 Å². The van der Waals surface area contributed by atoms with Crippen LogP contribution in [0.3, 0.4) is 0 Å². The number of carbonyl (C=O) groups is 2. The molecule has 124 valence electrons. The van der Waals surface area contributed by atoms with E-state index in [4.69, 9.17) is 39.5 Å². The van der Waals surface area contributed by atoms with Crippen LogP contribution in [0.15, 0.2) is 20.9 Å². The molecule has 1 rings (SSSR count). The fourth-order valence-electron chi connectivity index (χ4n) is 2.14. The molecule has 0 bridgehead atoms. The van der Waals surface area contributed by atoms with Gasteiger partial charge in [-0.3, -0.25) is 9.59 Å². The Kier molecular flexibility index (Phi) is 9.15. The molecular formula is C16H21Cl3O3. The fourth-order valence-corrected chi connectivity index (χ4v) is 2.77. The molecule has 3 nitrogen and oxygen atoms in total. The first-order valence-corrected chi connectivity index (χ1v) is 8.81. The Morgan fingerprint density at radius 1 is 0.727 bits per heavy atom. The van der Waals surface area contributed by atoms with Crippen LogP contribution >= 0.6 is 34.8 Å². The Bertz CT molecular complexity index is 481. The van der Waals surface area contributed by atoms with E-state index in [1.807, 2.05) is 0 Å². The van der Waals surface area contributed by atoms with Gasteiger partial charge in [0.15, 0.2) is 5.76 Å². The normalized spacial score (nSPS) is 15.8. The lowest BCUT2D eigenvalue weighted by molar-refractivity contribution is -0.118. The molecule has 1 aliphatic rings. The van der Waals surface area contributed by atoms with Gasteiger partial charge in [0.25, 0.3) is 0 Å². The smallest absolute Gasteiger partial charge is 0.242 e. The third-order valence-electron chi connectivity index (χ3n) is 3.44. The van der Waals surface area contributed by atoms with Gasteiger partial charge >= 0.3 is 0 Å². The molecule has 0 amide bonds. The van der Waals surface area contributed by atoms with Crippen molar-refractivity contribution in [2.45, 2.75) is 58.3 Å². The number of allylic oxidation sites excluding steroid dienone is 3. The molecule has 0 aliphatic heterocycles. The number of unbranched alkanes of at least 4 members (excludes halogenated alkanes) is 7. The summed E-state index contributed by atoms with van der Waals surface area (Å²) in [5.74, 6) is -1.49. The molecule has 0 fully saturated rings. The maximum absolute atomic E-state index is 11.9. The Balaban J connectivity index is 2.28. The van der Waals surface area contributed by atoms with Gasteiger partial charge in [-0.1, -0.05) is 86.7 Å². The third kappa shape index (κ3) is 5.60. The van der Waals surface area contributed by atoms with E-state index >= 15 is 0 Å². The zero-order valence-electron chi connectivity index (χ0n) is 12.7. The molecule has 0 radical (unpaired) electrons. The van der Waals surface area contributed by atoms with Crippen molar-refractivity contribution in [2.75, 3.05) is 6.61 Å². The zero-order chi connectivity index (χ0) is 16.5. The molecule has 0 spiro atoms. The summed E-state index contributed by atoms with van der Waals surface area (Å²) in [7, 11) is 0. The van der Waals surface area contributed by atoms with Crippen LogP contribution < -0.4 is 0 Å². The van der Waals surface area contributed by atoms with Crippen LogP contribution in [-0.4, -0.2) is 18.2 Å². The Hall–Kier alpha value is -0.510. The second kappa shape index (κ2) is 10.3. The second-order valence-electron chi connectivity index (χ2n) is 5.25. The topological polar surface area (TPSA) is 43.4 Å². The first-order valence-electron chi connectivity index (χ1n) is 7.68. The lowest BCUT2D eigenvalue weighted by Gasteiger charge is -2.15. The minimum absolute atomic E-state index is 0.191. The number of hydrogen-bond acceptors (Lipinski definition) is 3. The Labute approximate surface area is 146 Å². The number of hydrogen-bond donors (Lipinski definition) is 0. The molecule has 0 saturated heterocycles. The van der Waals surface area contributed by atoms with E-state index in [9.17, 15) is 9.59 Å². The van der Waals surface area contributed by atoms with Gasteiger partial charge in [0.2, 0.25) is 11.6 Å². The van der Waals surface area contributed by atoms with E-state index in [1.165, 1.54) is 32.1 Å². The summed E-state index contributed by atoms with van der Waals surface area (Å²) in [6.07, 6.45) is 9.27. The summed E-state index contributed by atoms with van der Waals surface area (Å²) >= 11 is 17.1. The lowest BCUT2D eigenvalue weighted by Crippen LogP contribution is -2.20. The molecule has 0 unspecified atom stereocenters. The average molecular weight is 368 g/mol. The van der Waals surface area contributed by atoms with Crippen LogP contribution in [0.25, 0.3) is 0 Å². The molecule has 0 aromatic carbocycles. The van der Waals surface area contributed by atoms with Gasteiger partial charge in [0.1, 0.15) is 15.1 Å². The summed E-state index contributed by atoms with van der Waals surface area (Å²) in [5.41, 5.74) is 0. The van der Waals surface area contributed by atoms with Crippen LogP contribution in [0, 0.1) is 0 Å². The van der Waals surface area contributed by atoms with Crippen LogP contribution in [0.1, 0.15) is 58.3 Å². The van der Waals surface area contributed by atoms with Crippen molar-refractivity contribution in [2.24, 2.45) is 0 Å². The molecule has 0 aromatic rings. The van der Waals surface area contributed by atoms with Gasteiger partial charge in [0, 0.05) is 0 Å². The number of ether oxygens (including phenoxy) is 1. The van der Waals surface area contributed by atoms with Gasteiger partial charge in [-0.15, -0.1) is 0 Å². The molecule has 6 heteroatoms.